The highest BCUT2D eigenvalue weighted by atomic mass is 32.1. The first-order chi connectivity index (χ1) is 16.6. The van der Waals surface area contributed by atoms with Crippen LogP contribution in [0.1, 0.15) is 19.8 Å². The van der Waals surface area contributed by atoms with E-state index in [4.69, 9.17) is 4.74 Å². The Labute approximate surface area is 200 Å². The number of amides is 1. The molecule has 1 saturated heterocycles. The van der Waals surface area contributed by atoms with Gasteiger partial charge in [-0.25, -0.2) is 9.37 Å². The minimum atomic E-state index is -0.285. The molecule has 5 rings (SSSR count). The van der Waals surface area contributed by atoms with Crippen molar-refractivity contribution in [3.05, 3.63) is 60.4 Å². The van der Waals surface area contributed by atoms with Crippen LogP contribution in [0, 0.1) is 11.7 Å². The van der Waals surface area contributed by atoms with Crippen LogP contribution in [0.4, 0.5) is 15.3 Å². The molecule has 3 heterocycles. The Balaban J connectivity index is 1.24. The number of halogens is 1. The van der Waals surface area contributed by atoms with Crippen molar-refractivity contribution < 1.29 is 13.9 Å². The predicted octanol–water partition coefficient (Wildman–Crippen LogP) is 5.15. The average Bonchev–Trinajstić information content (AvgIpc) is 3.26. The van der Waals surface area contributed by atoms with E-state index < -0.39 is 0 Å². The van der Waals surface area contributed by atoms with Crippen LogP contribution in [-0.4, -0.2) is 40.8 Å². The highest BCUT2D eigenvalue weighted by molar-refractivity contribution is 7.22. The van der Waals surface area contributed by atoms with Gasteiger partial charge >= 0.3 is 0 Å². The van der Waals surface area contributed by atoms with Gasteiger partial charge in [0.1, 0.15) is 11.6 Å². The van der Waals surface area contributed by atoms with Crippen molar-refractivity contribution in [2.75, 3.05) is 29.9 Å². The van der Waals surface area contributed by atoms with Crippen LogP contribution in [-0.2, 0) is 4.79 Å². The van der Waals surface area contributed by atoms with Gasteiger partial charge in [0.25, 0.3) is 0 Å². The number of rotatable bonds is 6. The minimum Gasteiger partial charge on any atom is -0.494 e. The summed E-state index contributed by atoms with van der Waals surface area (Å²) in [5.74, 6) is 1.04. The zero-order valence-corrected chi connectivity index (χ0v) is 19.5. The smallest absolute Gasteiger partial charge is 0.231 e. The van der Waals surface area contributed by atoms with E-state index >= 15 is 0 Å². The van der Waals surface area contributed by atoms with E-state index in [0.717, 1.165) is 46.7 Å². The lowest BCUT2D eigenvalue weighted by atomic mass is 9.97. The number of anilines is 2. The molecule has 0 saturated carbocycles. The molecule has 0 radical (unpaired) electrons. The molecule has 1 amide bonds. The number of hydrogen-bond donors (Lipinski definition) is 1. The fraction of sp³-hybridized carbons (Fsp3) is 0.280. The largest absolute Gasteiger partial charge is 0.494 e. The van der Waals surface area contributed by atoms with Gasteiger partial charge in [0.05, 0.1) is 28.4 Å². The number of thiazole rings is 1. The Bertz CT molecular complexity index is 1290. The normalized spacial score (nSPS) is 15.9. The molecular formula is C25H24FN5O2S. The first-order valence-electron chi connectivity index (χ1n) is 11.3. The number of benzene rings is 2. The molecule has 7 nitrogen and oxygen atoms in total. The second-order valence-corrected chi connectivity index (χ2v) is 9.17. The summed E-state index contributed by atoms with van der Waals surface area (Å²) in [5, 5.41) is 12.2. The van der Waals surface area contributed by atoms with Crippen molar-refractivity contribution in [1.29, 1.82) is 0 Å². The van der Waals surface area contributed by atoms with E-state index in [0.29, 0.717) is 24.0 Å². The number of hydrogen-bond acceptors (Lipinski definition) is 7. The van der Waals surface area contributed by atoms with Crippen LogP contribution in [0.15, 0.2) is 54.6 Å². The van der Waals surface area contributed by atoms with Gasteiger partial charge in [0.2, 0.25) is 5.91 Å². The summed E-state index contributed by atoms with van der Waals surface area (Å²) >= 11 is 1.44. The van der Waals surface area contributed by atoms with E-state index in [1.54, 1.807) is 12.1 Å². The van der Waals surface area contributed by atoms with Gasteiger partial charge in [-0.1, -0.05) is 11.3 Å². The Morgan fingerprint density at radius 3 is 2.79 bits per heavy atom. The lowest BCUT2D eigenvalue weighted by molar-refractivity contribution is -0.120. The van der Waals surface area contributed by atoms with Crippen LogP contribution in [0.25, 0.3) is 21.5 Å². The molecule has 2 aromatic heterocycles. The van der Waals surface area contributed by atoms with Gasteiger partial charge in [-0.3, -0.25) is 4.79 Å². The molecule has 0 spiro atoms. The summed E-state index contributed by atoms with van der Waals surface area (Å²) in [6.45, 7) is 3.93. The second-order valence-electron chi connectivity index (χ2n) is 8.14. The summed E-state index contributed by atoms with van der Waals surface area (Å²) in [6, 6.07) is 15.7. The van der Waals surface area contributed by atoms with Crippen LogP contribution < -0.4 is 15.0 Å². The molecule has 2 aromatic carbocycles. The first kappa shape index (κ1) is 22.2. The van der Waals surface area contributed by atoms with Crippen molar-refractivity contribution in [3.8, 4) is 17.0 Å². The minimum absolute atomic E-state index is 0.0373. The van der Waals surface area contributed by atoms with Crippen molar-refractivity contribution in [3.63, 3.8) is 0 Å². The summed E-state index contributed by atoms with van der Waals surface area (Å²) in [7, 11) is 0. The maximum atomic E-state index is 13.2. The third-order valence-electron chi connectivity index (χ3n) is 5.81. The topological polar surface area (TPSA) is 80.2 Å². The highest BCUT2D eigenvalue weighted by Gasteiger charge is 2.27. The fourth-order valence-corrected chi connectivity index (χ4v) is 4.99. The van der Waals surface area contributed by atoms with Gasteiger partial charge in [-0.15, -0.1) is 10.2 Å². The maximum absolute atomic E-state index is 13.2. The number of carbonyl (C=O) groups excluding carboxylic acids is 1. The number of piperidine rings is 1. The third kappa shape index (κ3) is 4.84. The van der Waals surface area contributed by atoms with Crippen molar-refractivity contribution >= 4 is 38.4 Å². The SMILES string of the molecule is CCOc1ccc2nc(NC(=O)C3CCCN(c4ccc(-c5ccc(F)cc5)nn4)C3)sc2c1. The second kappa shape index (κ2) is 9.72. The Morgan fingerprint density at radius 2 is 2.03 bits per heavy atom. The van der Waals surface area contributed by atoms with E-state index in [-0.39, 0.29) is 17.6 Å². The molecule has 1 aliphatic heterocycles. The van der Waals surface area contributed by atoms with Gasteiger partial charge in [0, 0.05) is 18.7 Å². The molecule has 0 aliphatic carbocycles. The monoisotopic (exact) mass is 477 g/mol. The Morgan fingerprint density at radius 1 is 1.18 bits per heavy atom. The number of nitrogens with zero attached hydrogens (tertiary/aromatic N) is 4. The molecule has 9 heteroatoms. The number of ether oxygens (including phenoxy) is 1. The number of fused-ring (bicyclic) bond motifs is 1. The highest BCUT2D eigenvalue weighted by Crippen LogP contribution is 2.30. The quantitative estimate of drug-likeness (QED) is 0.414. The number of carbonyl (C=O) groups is 1. The zero-order chi connectivity index (χ0) is 23.5. The van der Waals surface area contributed by atoms with Crippen molar-refractivity contribution in [2.24, 2.45) is 5.92 Å². The van der Waals surface area contributed by atoms with Gasteiger partial charge in [-0.2, -0.15) is 0 Å². The summed E-state index contributed by atoms with van der Waals surface area (Å²) in [5.41, 5.74) is 2.32. The van der Waals surface area contributed by atoms with Gasteiger partial charge in [0.15, 0.2) is 10.9 Å². The Kier molecular flexibility index (Phi) is 6.35. The van der Waals surface area contributed by atoms with E-state index in [9.17, 15) is 9.18 Å². The zero-order valence-electron chi connectivity index (χ0n) is 18.7. The maximum Gasteiger partial charge on any atom is 0.231 e. The number of aromatic nitrogens is 3. The molecular weight excluding hydrogens is 453 g/mol. The van der Waals surface area contributed by atoms with Gasteiger partial charge in [-0.05, 0) is 74.4 Å². The third-order valence-corrected chi connectivity index (χ3v) is 6.74. The fourth-order valence-electron chi connectivity index (χ4n) is 4.09. The van der Waals surface area contributed by atoms with Crippen LogP contribution >= 0.6 is 11.3 Å². The predicted molar refractivity (Wildman–Crippen MR) is 132 cm³/mol. The molecule has 1 unspecified atom stereocenters. The van der Waals surface area contributed by atoms with Crippen LogP contribution in [0.5, 0.6) is 5.75 Å². The molecule has 174 valence electrons. The summed E-state index contributed by atoms with van der Waals surface area (Å²) < 4.78 is 19.7. The van der Waals surface area contributed by atoms with E-state index in [2.05, 4.69) is 25.4 Å². The van der Waals surface area contributed by atoms with Crippen molar-refractivity contribution in [2.45, 2.75) is 19.8 Å². The standard InChI is InChI=1S/C25H24FN5O2S/c1-2-33-19-9-10-21-22(14-19)34-25(27-21)28-24(32)17-4-3-13-31(15-17)23-12-11-20(29-30-23)16-5-7-18(26)8-6-16/h5-12,14,17H,2-4,13,15H2,1H3,(H,27,28,32). The molecule has 4 aromatic rings. The molecule has 1 aliphatic rings. The number of nitrogens with one attached hydrogen (secondary N) is 1. The molecule has 0 bridgehead atoms. The molecule has 1 N–H and O–H groups in total. The van der Waals surface area contributed by atoms with E-state index in [1.807, 2.05) is 37.3 Å². The lowest BCUT2D eigenvalue weighted by Crippen LogP contribution is -2.41. The van der Waals surface area contributed by atoms with E-state index in [1.165, 1.54) is 23.5 Å². The molecule has 1 fully saturated rings. The molecule has 34 heavy (non-hydrogen) atoms. The first-order valence-corrected chi connectivity index (χ1v) is 12.1. The lowest BCUT2D eigenvalue weighted by Gasteiger charge is -2.32. The average molecular weight is 478 g/mol. The molecule has 1 atom stereocenters. The van der Waals surface area contributed by atoms with Crippen molar-refractivity contribution in [1.82, 2.24) is 15.2 Å². The van der Waals surface area contributed by atoms with Crippen LogP contribution in [0.3, 0.4) is 0 Å². The van der Waals surface area contributed by atoms with Gasteiger partial charge < -0.3 is 15.0 Å². The Hall–Kier alpha value is -3.59. The summed E-state index contributed by atoms with van der Waals surface area (Å²) in [6.07, 6.45) is 1.69. The van der Waals surface area contributed by atoms with Crippen LogP contribution in [0.2, 0.25) is 0 Å². The summed E-state index contributed by atoms with van der Waals surface area (Å²) in [4.78, 5) is 19.6.